The van der Waals surface area contributed by atoms with Crippen LogP contribution < -0.4 is 0 Å². The molecular formula is C22H24O4. The summed E-state index contributed by atoms with van der Waals surface area (Å²) in [6.45, 7) is 5.36. The van der Waals surface area contributed by atoms with Crippen LogP contribution in [0.4, 0.5) is 0 Å². The topological polar surface area (TPSA) is 52.6 Å². The van der Waals surface area contributed by atoms with Gasteiger partial charge in [-0.05, 0) is 31.9 Å². The van der Waals surface area contributed by atoms with Gasteiger partial charge in [0.2, 0.25) is 5.60 Å². The summed E-state index contributed by atoms with van der Waals surface area (Å²) >= 11 is 0. The normalized spacial score (nSPS) is 23.0. The zero-order valence-electron chi connectivity index (χ0n) is 15.4. The van der Waals surface area contributed by atoms with Crippen LogP contribution in [0, 0.1) is 0 Å². The van der Waals surface area contributed by atoms with E-state index in [-0.39, 0.29) is 18.6 Å². The second kappa shape index (κ2) is 7.04. The lowest BCUT2D eigenvalue weighted by atomic mass is 9.89. The molecule has 26 heavy (non-hydrogen) atoms. The zero-order valence-corrected chi connectivity index (χ0v) is 15.4. The molecule has 0 spiro atoms. The SMILES string of the molecule is CC(C)(C)OC(=O)[C@@]1(Cc2ccccc2)O[C@H](c2ccccc2)CC1=O. The first-order valence-corrected chi connectivity index (χ1v) is 8.84. The van der Waals surface area contributed by atoms with Crippen molar-refractivity contribution < 1.29 is 19.1 Å². The highest BCUT2D eigenvalue weighted by atomic mass is 16.6. The Kier molecular flexibility index (Phi) is 4.97. The molecule has 4 heteroatoms. The number of benzene rings is 2. The van der Waals surface area contributed by atoms with Gasteiger partial charge in [-0.1, -0.05) is 60.7 Å². The number of esters is 1. The lowest BCUT2D eigenvalue weighted by Gasteiger charge is -2.30. The molecule has 2 atom stereocenters. The summed E-state index contributed by atoms with van der Waals surface area (Å²) in [6, 6.07) is 19.0. The van der Waals surface area contributed by atoms with Gasteiger partial charge in [-0.2, -0.15) is 0 Å². The molecule has 0 unspecified atom stereocenters. The summed E-state index contributed by atoms with van der Waals surface area (Å²) in [5.74, 6) is -0.846. The molecule has 0 radical (unpaired) electrons. The molecule has 2 aromatic rings. The molecular weight excluding hydrogens is 328 g/mol. The van der Waals surface area contributed by atoms with Gasteiger partial charge in [0.15, 0.2) is 5.78 Å². The van der Waals surface area contributed by atoms with Crippen molar-refractivity contribution in [2.24, 2.45) is 0 Å². The monoisotopic (exact) mass is 352 g/mol. The predicted molar refractivity (Wildman–Crippen MR) is 98.6 cm³/mol. The molecule has 4 nitrogen and oxygen atoms in total. The first-order valence-electron chi connectivity index (χ1n) is 8.84. The van der Waals surface area contributed by atoms with E-state index in [1.54, 1.807) is 20.8 Å². The molecule has 1 aliphatic heterocycles. The maximum atomic E-state index is 13.0. The fraction of sp³-hybridized carbons (Fsp3) is 0.364. The molecule has 0 N–H and O–H groups in total. The third kappa shape index (κ3) is 3.86. The minimum atomic E-state index is -1.60. The van der Waals surface area contributed by atoms with Crippen LogP contribution in [0.15, 0.2) is 60.7 Å². The van der Waals surface area contributed by atoms with Crippen LogP contribution in [0.5, 0.6) is 0 Å². The van der Waals surface area contributed by atoms with Crippen LogP contribution in [-0.2, 0) is 25.5 Å². The first kappa shape index (κ1) is 18.3. The van der Waals surface area contributed by atoms with Crippen LogP contribution in [0.1, 0.15) is 44.4 Å². The molecule has 0 saturated carbocycles. The summed E-state index contributed by atoms with van der Waals surface area (Å²) in [5.41, 5.74) is -0.551. The van der Waals surface area contributed by atoms with Gasteiger partial charge >= 0.3 is 5.97 Å². The van der Waals surface area contributed by atoms with Crippen LogP contribution in [-0.4, -0.2) is 23.0 Å². The van der Waals surface area contributed by atoms with E-state index in [1.807, 2.05) is 60.7 Å². The van der Waals surface area contributed by atoms with E-state index in [1.165, 1.54) is 0 Å². The molecule has 1 fully saturated rings. The van der Waals surface area contributed by atoms with Crippen molar-refractivity contribution in [3.8, 4) is 0 Å². The molecule has 0 aliphatic carbocycles. The Bertz CT molecular complexity index is 777. The van der Waals surface area contributed by atoms with Crippen LogP contribution >= 0.6 is 0 Å². The predicted octanol–water partition coefficient (Wildman–Crippen LogP) is 4.04. The van der Waals surface area contributed by atoms with Crippen molar-refractivity contribution in [3.63, 3.8) is 0 Å². The fourth-order valence-electron chi connectivity index (χ4n) is 3.16. The Balaban J connectivity index is 1.95. The van der Waals surface area contributed by atoms with E-state index in [4.69, 9.17) is 9.47 Å². The van der Waals surface area contributed by atoms with Gasteiger partial charge in [-0.25, -0.2) is 4.79 Å². The van der Waals surface area contributed by atoms with E-state index < -0.39 is 23.3 Å². The fourth-order valence-corrected chi connectivity index (χ4v) is 3.16. The number of rotatable bonds is 4. The highest BCUT2D eigenvalue weighted by molar-refractivity contribution is 6.09. The molecule has 0 aromatic heterocycles. The van der Waals surface area contributed by atoms with E-state index in [0.29, 0.717) is 0 Å². The molecule has 0 bridgehead atoms. The molecule has 3 rings (SSSR count). The van der Waals surface area contributed by atoms with Crippen LogP contribution in [0.3, 0.4) is 0 Å². The van der Waals surface area contributed by atoms with Crippen molar-refractivity contribution in [1.82, 2.24) is 0 Å². The number of hydrogen-bond donors (Lipinski definition) is 0. The van der Waals surface area contributed by atoms with Gasteiger partial charge in [0, 0.05) is 12.8 Å². The smallest absolute Gasteiger partial charge is 0.347 e. The van der Waals surface area contributed by atoms with Gasteiger partial charge in [0.05, 0.1) is 6.10 Å². The van der Waals surface area contributed by atoms with E-state index in [2.05, 4.69) is 0 Å². The second-order valence-corrected chi connectivity index (χ2v) is 7.64. The van der Waals surface area contributed by atoms with Crippen LogP contribution in [0.25, 0.3) is 0 Å². The van der Waals surface area contributed by atoms with Crippen molar-refractivity contribution in [1.29, 1.82) is 0 Å². The Morgan fingerprint density at radius 1 is 1.08 bits per heavy atom. The minimum Gasteiger partial charge on any atom is -0.457 e. The highest BCUT2D eigenvalue weighted by Gasteiger charge is 2.56. The molecule has 1 aliphatic rings. The molecule has 1 heterocycles. The molecule has 136 valence electrons. The third-order valence-electron chi connectivity index (χ3n) is 4.36. The van der Waals surface area contributed by atoms with E-state index in [0.717, 1.165) is 11.1 Å². The van der Waals surface area contributed by atoms with E-state index in [9.17, 15) is 9.59 Å². The third-order valence-corrected chi connectivity index (χ3v) is 4.36. The number of ketones is 1. The van der Waals surface area contributed by atoms with Crippen molar-refractivity contribution >= 4 is 11.8 Å². The average Bonchev–Trinajstić information content (AvgIpc) is 2.93. The van der Waals surface area contributed by atoms with Gasteiger partial charge in [0.1, 0.15) is 5.60 Å². The van der Waals surface area contributed by atoms with Crippen LogP contribution in [0.2, 0.25) is 0 Å². The lowest BCUT2D eigenvalue weighted by Crippen LogP contribution is -2.50. The Labute approximate surface area is 154 Å². The van der Waals surface area contributed by atoms with Gasteiger partial charge in [0.25, 0.3) is 0 Å². The Morgan fingerprint density at radius 3 is 2.23 bits per heavy atom. The van der Waals surface area contributed by atoms with E-state index >= 15 is 0 Å². The minimum absolute atomic E-state index is 0.163. The number of hydrogen-bond acceptors (Lipinski definition) is 4. The Morgan fingerprint density at radius 2 is 1.65 bits per heavy atom. The number of Topliss-reactive ketones (excluding diaryl/α,β-unsaturated/α-hetero) is 1. The molecule has 2 aromatic carbocycles. The molecule has 1 saturated heterocycles. The number of carbonyl (C=O) groups excluding carboxylic acids is 2. The summed E-state index contributed by atoms with van der Waals surface area (Å²) in [4.78, 5) is 26.0. The first-order chi connectivity index (χ1) is 12.3. The quantitative estimate of drug-likeness (QED) is 0.615. The lowest BCUT2D eigenvalue weighted by molar-refractivity contribution is -0.183. The zero-order chi connectivity index (χ0) is 18.8. The maximum absolute atomic E-state index is 13.0. The van der Waals surface area contributed by atoms with Gasteiger partial charge in [-0.15, -0.1) is 0 Å². The molecule has 0 amide bonds. The standard InChI is InChI=1S/C22H24O4/c1-21(2,3)26-20(24)22(15-16-10-6-4-7-11-16)19(23)14-18(25-22)17-12-8-5-9-13-17/h4-13,18H,14-15H2,1-3H3/t18-,22-/m0/s1. The van der Waals surface area contributed by atoms with Crippen molar-refractivity contribution in [2.45, 2.75) is 50.9 Å². The largest absolute Gasteiger partial charge is 0.457 e. The van der Waals surface area contributed by atoms with Crippen molar-refractivity contribution in [2.75, 3.05) is 0 Å². The number of carbonyl (C=O) groups is 2. The summed E-state index contributed by atoms with van der Waals surface area (Å²) < 4.78 is 11.7. The van der Waals surface area contributed by atoms with Gasteiger partial charge in [-0.3, -0.25) is 4.79 Å². The van der Waals surface area contributed by atoms with Gasteiger partial charge < -0.3 is 9.47 Å². The van der Waals surface area contributed by atoms with Crippen molar-refractivity contribution in [3.05, 3.63) is 71.8 Å². The highest BCUT2D eigenvalue weighted by Crippen LogP contribution is 2.40. The average molecular weight is 352 g/mol. The summed E-state index contributed by atoms with van der Waals surface area (Å²) in [7, 11) is 0. The summed E-state index contributed by atoms with van der Waals surface area (Å²) in [6.07, 6.45) is -0.110. The maximum Gasteiger partial charge on any atom is 0.347 e. The second-order valence-electron chi connectivity index (χ2n) is 7.64. The Hall–Kier alpha value is -2.46. The summed E-state index contributed by atoms with van der Waals surface area (Å²) in [5, 5.41) is 0. The number of ether oxygens (including phenoxy) is 2.